The molecular weight excluding hydrogens is 384 g/mol. The lowest BCUT2D eigenvalue weighted by Gasteiger charge is -2.06. The molecule has 2 aromatic rings. The number of hydrogen-bond acceptors (Lipinski definition) is 8. The summed E-state index contributed by atoms with van der Waals surface area (Å²) in [5.74, 6) is -1.13. The van der Waals surface area contributed by atoms with E-state index in [-0.39, 0.29) is 35.7 Å². The monoisotopic (exact) mass is 402 g/mol. The minimum atomic E-state index is -0.565. The summed E-state index contributed by atoms with van der Waals surface area (Å²) >= 11 is 0. The Morgan fingerprint density at radius 3 is 1.31 bits per heavy atom. The minimum Gasteiger partial charge on any atom is -0.462 e. The van der Waals surface area contributed by atoms with Crippen LogP contribution in [0, 0.1) is 20.2 Å². The van der Waals surface area contributed by atoms with E-state index in [0.717, 1.165) is 0 Å². The van der Waals surface area contributed by atoms with E-state index in [0.29, 0.717) is 19.3 Å². The number of esters is 2. The number of nitro groups is 2. The first-order valence-corrected chi connectivity index (χ1v) is 8.71. The lowest BCUT2D eigenvalue weighted by Crippen LogP contribution is -2.08. The predicted octanol–water partition coefficient (Wildman–Crippen LogP) is 3.69. The van der Waals surface area contributed by atoms with Crippen molar-refractivity contribution in [1.82, 2.24) is 0 Å². The van der Waals surface area contributed by atoms with Gasteiger partial charge >= 0.3 is 11.9 Å². The highest BCUT2D eigenvalue weighted by Gasteiger charge is 2.11. The maximum absolute atomic E-state index is 11.8. The summed E-state index contributed by atoms with van der Waals surface area (Å²) in [5.41, 5.74) is 0.245. The number of non-ortho nitro benzene ring substituents is 2. The van der Waals surface area contributed by atoms with Gasteiger partial charge in [0.15, 0.2) is 0 Å². The highest BCUT2D eigenvalue weighted by molar-refractivity contribution is 5.90. The fraction of sp³-hybridized carbons (Fsp3) is 0.263. The van der Waals surface area contributed by atoms with E-state index in [1.165, 1.54) is 48.5 Å². The van der Waals surface area contributed by atoms with E-state index >= 15 is 0 Å². The molecule has 0 bridgehead atoms. The minimum absolute atomic E-state index is 0.107. The van der Waals surface area contributed by atoms with Crippen LogP contribution >= 0.6 is 0 Å². The normalized spacial score (nSPS) is 10.2. The van der Waals surface area contributed by atoms with Gasteiger partial charge in [0.05, 0.1) is 34.2 Å². The van der Waals surface area contributed by atoms with Gasteiger partial charge in [-0.1, -0.05) is 0 Å². The quantitative estimate of drug-likeness (QED) is 0.254. The Labute approximate surface area is 165 Å². The van der Waals surface area contributed by atoms with Crippen molar-refractivity contribution in [3.63, 3.8) is 0 Å². The third kappa shape index (κ3) is 6.69. The number of nitro benzene ring substituents is 2. The number of carbonyl (C=O) groups excluding carboxylic acids is 2. The van der Waals surface area contributed by atoms with E-state index in [2.05, 4.69) is 0 Å². The second kappa shape index (κ2) is 10.5. The summed E-state index contributed by atoms with van der Waals surface area (Å²) < 4.78 is 10.2. The summed E-state index contributed by atoms with van der Waals surface area (Å²) in [6.45, 7) is 0.345. The van der Waals surface area contributed by atoms with Gasteiger partial charge in [-0.25, -0.2) is 9.59 Å². The molecule has 0 heterocycles. The molecular formula is C19H18N2O8. The van der Waals surface area contributed by atoms with Crippen molar-refractivity contribution in [2.75, 3.05) is 13.2 Å². The number of benzene rings is 2. The topological polar surface area (TPSA) is 139 Å². The van der Waals surface area contributed by atoms with Crippen molar-refractivity contribution in [3.05, 3.63) is 79.9 Å². The van der Waals surface area contributed by atoms with E-state index in [9.17, 15) is 29.8 Å². The summed E-state index contributed by atoms with van der Waals surface area (Å²) in [5, 5.41) is 21.1. The molecule has 152 valence electrons. The Balaban J connectivity index is 1.60. The molecule has 0 aliphatic heterocycles. The molecule has 0 unspecified atom stereocenters. The Hall–Kier alpha value is -3.82. The fourth-order valence-corrected chi connectivity index (χ4v) is 2.32. The van der Waals surface area contributed by atoms with Crippen LogP contribution in [0.3, 0.4) is 0 Å². The Morgan fingerprint density at radius 2 is 1.00 bits per heavy atom. The molecule has 2 rings (SSSR count). The summed E-state index contributed by atoms with van der Waals surface area (Å²) in [4.78, 5) is 43.7. The van der Waals surface area contributed by atoms with Crippen LogP contribution in [0.5, 0.6) is 0 Å². The first-order chi connectivity index (χ1) is 13.9. The smallest absolute Gasteiger partial charge is 0.338 e. The van der Waals surface area contributed by atoms with Crippen LogP contribution in [0.15, 0.2) is 48.5 Å². The standard InChI is InChI=1S/C19H18N2O8/c22-18(14-4-8-16(9-5-14)20(24)25)28-12-2-1-3-13-29-19(23)15-6-10-17(11-7-15)21(26)27/h4-11H,1-3,12-13H2. The van der Waals surface area contributed by atoms with Crippen molar-refractivity contribution >= 4 is 23.3 Å². The molecule has 10 nitrogen and oxygen atoms in total. The summed E-state index contributed by atoms with van der Waals surface area (Å²) in [7, 11) is 0. The second-order valence-electron chi connectivity index (χ2n) is 5.94. The SMILES string of the molecule is O=C(OCCCCCOC(=O)c1ccc([N+](=O)[O-])cc1)c1ccc([N+](=O)[O-])cc1. The number of rotatable bonds is 10. The van der Waals surface area contributed by atoms with E-state index in [1.54, 1.807) is 0 Å². The molecule has 0 amide bonds. The Kier molecular flexibility index (Phi) is 7.78. The van der Waals surface area contributed by atoms with Gasteiger partial charge in [0.25, 0.3) is 11.4 Å². The van der Waals surface area contributed by atoms with Crippen LogP contribution in [-0.2, 0) is 9.47 Å². The van der Waals surface area contributed by atoms with Crippen LogP contribution in [0.2, 0.25) is 0 Å². The van der Waals surface area contributed by atoms with E-state index in [4.69, 9.17) is 9.47 Å². The molecule has 0 fully saturated rings. The first kappa shape index (κ1) is 21.5. The number of carbonyl (C=O) groups is 2. The first-order valence-electron chi connectivity index (χ1n) is 8.71. The number of unbranched alkanes of at least 4 members (excludes halogenated alkanes) is 2. The highest BCUT2D eigenvalue weighted by Crippen LogP contribution is 2.14. The predicted molar refractivity (Wildman–Crippen MR) is 101 cm³/mol. The largest absolute Gasteiger partial charge is 0.462 e. The van der Waals surface area contributed by atoms with Gasteiger partial charge in [-0.3, -0.25) is 20.2 Å². The zero-order valence-electron chi connectivity index (χ0n) is 15.3. The van der Waals surface area contributed by atoms with Crippen molar-refractivity contribution in [3.8, 4) is 0 Å². The molecule has 0 saturated carbocycles. The van der Waals surface area contributed by atoms with Crippen LogP contribution < -0.4 is 0 Å². The van der Waals surface area contributed by atoms with Crippen molar-refractivity contribution < 1.29 is 28.9 Å². The average molecular weight is 402 g/mol. The van der Waals surface area contributed by atoms with Crippen LogP contribution in [-0.4, -0.2) is 35.0 Å². The number of hydrogen-bond donors (Lipinski definition) is 0. The van der Waals surface area contributed by atoms with Gasteiger partial charge in [0.2, 0.25) is 0 Å². The Morgan fingerprint density at radius 1 is 0.655 bits per heavy atom. The van der Waals surface area contributed by atoms with Gasteiger partial charge < -0.3 is 9.47 Å². The van der Waals surface area contributed by atoms with Crippen molar-refractivity contribution in [1.29, 1.82) is 0 Å². The van der Waals surface area contributed by atoms with Gasteiger partial charge in [-0.2, -0.15) is 0 Å². The molecule has 0 aromatic heterocycles. The fourth-order valence-electron chi connectivity index (χ4n) is 2.32. The van der Waals surface area contributed by atoms with Gasteiger partial charge in [0, 0.05) is 24.3 Å². The molecule has 0 saturated heterocycles. The van der Waals surface area contributed by atoms with Gasteiger partial charge in [-0.05, 0) is 43.5 Å². The molecule has 0 atom stereocenters. The molecule has 0 N–H and O–H groups in total. The zero-order valence-corrected chi connectivity index (χ0v) is 15.3. The van der Waals surface area contributed by atoms with Crippen LogP contribution in [0.1, 0.15) is 40.0 Å². The lowest BCUT2D eigenvalue weighted by atomic mass is 10.2. The van der Waals surface area contributed by atoms with E-state index < -0.39 is 21.8 Å². The zero-order chi connectivity index (χ0) is 21.2. The summed E-state index contributed by atoms with van der Waals surface area (Å²) in [6.07, 6.45) is 1.78. The third-order valence-corrected chi connectivity index (χ3v) is 3.88. The molecule has 0 aliphatic rings. The van der Waals surface area contributed by atoms with Gasteiger partial charge in [0.1, 0.15) is 0 Å². The molecule has 29 heavy (non-hydrogen) atoms. The highest BCUT2D eigenvalue weighted by atomic mass is 16.6. The van der Waals surface area contributed by atoms with E-state index in [1.807, 2.05) is 0 Å². The lowest BCUT2D eigenvalue weighted by molar-refractivity contribution is -0.385. The average Bonchev–Trinajstić information content (AvgIpc) is 2.72. The molecule has 0 spiro atoms. The van der Waals surface area contributed by atoms with Gasteiger partial charge in [-0.15, -0.1) is 0 Å². The Bertz CT molecular complexity index is 805. The second-order valence-corrected chi connectivity index (χ2v) is 5.94. The molecule has 0 radical (unpaired) electrons. The van der Waals surface area contributed by atoms with Crippen LogP contribution in [0.4, 0.5) is 11.4 Å². The molecule has 0 aliphatic carbocycles. The molecule has 2 aromatic carbocycles. The van der Waals surface area contributed by atoms with Crippen LogP contribution in [0.25, 0.3) is 0 Å². The maximum atomic E-state index is 11.8. The van der Waals surface area contributed by atoms with Crippen molar-refractivity contribution in [2.45, 2.75) is 19.3 Å². The summed E-state index contributed by atoms with van der Waals surface area (Å²) in [6, 6.07) is 10.3. The third-order valence-electron chi connectivity index (χ3n) is 3.88. The molecule has 10 heteroatoms. The maximum Gasteiger partial charge on any atom is 0.338 e. The number of nitrogens with zero attached hydrogens (tertiary/aromatic N) is 2. The number of ether oxygens (including phenoxy) is 2. The van der Waals surface area contributed by atoms with Crippen molar-refractivity contribution in [2.24, 2.45) is 0 Å².